The third kappa shape index (κ3) is 5.65. The number of amidine groups is 1. The summed E-state index contributed by atoms with van der Waals surface area (Å²) in [4.78, 5) is 53.9. The number of aliphatic imine (C=N–C) groups is 1. The van der Waals surface area contributed by atoms with Crippen LogP contribution in [0.25, 0.3) is 0 Å². The third-order valence-corrected chi connectivity index (χ3v) is 11.2. The number of carbonyl (C=O) groups excluding carboxylic acids is 3. The fourth-order valence-corrected chi connectivity index (χ4v) is 8.81. The number of hydrogen-bond donors (Lipinski definition) is 0. The molecule has 0 aliphatic carbocycles. The van der Waals surface area contributed by atoms with E-state index in [9.17, 15) is 14.4 Å². The summed E-state index contributed by atoms with van der Waals surface area (Å²) in [6.07, 6.45) is 1.39. The first-order chi connectivity index (χ1) is 21.4. The lowest BCUT2D eigenvalue weighted by molar-refractivity contribution is -0.145. The van der Waals surface area contributed by atoms with Crippen LogP contribution in [0, 0.1) is 5.92 Å². The number of thioether (sulfide) groups is 1. The molecule has 0 spiro atoms. The molecule has 4 aliphatic rings. The van der Waals surface area contributed by atoms with Crippen molar-refractivity contribution in [1.82, 2.24) is 19.6 Å². The Morgan fingerprint density at radius 1 is 0.911 bits per heavy atom. The van der Waals surface area contributed by atoms with Crippen LogP contribution in [0.1, 0.15) is 64.6 Å². The zero-order chi connectivity index (χ0) is 32.2. The molecule has 2 saturated heterocycles. The van der Waals surface area contributed by atoms with E-state index in [4.69, 9.17) is 28.2 Å². The normalized spacial score (nSPS) is 26.6. The molecule has 0 radical (unpaired) electrons. The van der Waals surface area contributed by atoms with Gasteiger partial charge in [-0.3, -0.25) is 14.4 Å². The first-order valence-corrected chi connectivity index (χ1v) is 17.2. The highest BCUT2D eigenvalue weighted by Gasteiger charge is 2.54. The van der Waals surface area contributed by atoms with Gasteiger partial charge in [-0.2, -0.15) is 0 Å². The summed E-state index contributed by atoms with van der Waals surface area (Å²) in [5.74, 6) is -0.113. The topological polar surface area (TPSA) is 76.5 Å². The van der Waals surface area contributed by atoms with Crippen LogP contribution in [0.4, 0.5) is 0 Å². The van der Waals surface area contributed by atoms with Crippen LogP contribution < -0.4 is 0 Å². The Morgan fingerprint density at radius 3 is 2.07 bits per heavy atom. The fraction of sp³-hybridized carbons (Fsp3) is 0.471. The fourth-order valence-electron chi connectivity index (χ4n) is 7.20. The van der Waals surface area contributed by atoms with E-state index in [0.29, 0.717) is 47.6 Å². The molecule has 4 aliphatic heterocycles. The second-order valence-electron chi connectivity index (χ2n) is 12.8. The van der Waals surface area contributed by atoms with Gasteiger partial charge in [0, 0.05) is 54.9 Å². The van der Waals surface area contributed by atoms with Gasteiger partial charge >= 0.3 is 0 Å². The molecule has 8 nitrogen and oxygen atoms in total. The molecule has 238 valence electrons. The minimum absolute atomic E-state index is 0.0123. The monoisotopic (exact) mass is 667 g/mol. The molecule has 0 N–H and O–H groups in total. The Kier molecular flexibility index (Phi) is 8.74. The quantitative estimate of drug-likeness (QED) is 0.374. The number of hydrogen-bond acceptors (Lipinski definition) is 6. The third-order valence-electron chi connectivity index (χ3n) is 9.59. The molecule has 4 heterocycles. The zero-order valence-electron chi connectivity index (χ0n) is 26.3. The molecular formula is C34H39Cl2N5O3S. The number of fused-ring (bicyclic) bond motifs is 1. The summed E-state index contributed by atoms with van der Waals surface area (Å²) in [5, 5.41) is 2.08. The van der Waals surface area contributed by atoms with Gasteiger partial charge in [0.25, 0.3) is 5.91 Å². The van der Waals surface area contributed by atoms with E-state index in [0.717, 1.165) is 28.4 Å². The number of allylic oxidation sites excluding steroid dienone is 1. The molecular weight excluding hydrogens is 629 g/mol. The average molecular weight is 669 g/mol. The molecule has 2 aromatic carbocycles. The Labute approximate surface area is 279 Å². The number of benzene rings is 2. The van der Waals surface area contributed by atoms with Crippen molar-refractivity contribution >= 4 is 57.9 Å². The van der Waals surface area contributed by atoms with Crippen molar-refractivity contribution in [3.63, 3.8) is 0 Å². The standard InChI is InChI=1S/C34H39Cl2N5O3S/c1-20(2)28-29(32(44)40-21(3)6-15-27(40)31(43)39-18-16-38(17-19-39)22(4)42)45-33-37-34(5,24-9-13-26(36)14-10-24)30(41(28)33)23-7-11-25(35)12-8-23/h7-14,20-21,27,30H,6,15-19H2,1-5H3/t21-,27+,30-,34+/m1/s1. The lowest BCUT2D eigenvalue weighted by atomic mass is 9.81. The second-order valence-corrected chi connectivity index (χ2v) is 14.7. The van der Waals surface area contributed by atoms with Crippen LogP contribution in [-0.2, 0) is 19.9 Å². The van der Waals surface area contributed by atoms with Gasteiger partial charge in [-0.25, -0.2) is 4.99 Å². The molecule has 3 amide bonds. The first-order valence-electron chi connectivity index (χ1n) is 15.6. The van der Waals surface area contributed by atoms with Crippen molar-refractivity contribution in [2.45, 2.75) is 71.1 Å². The zero-order valence-corrected chi connectivity index (χ0v) is 28.6. The molecule has 0 aromatic heterocycles. The van der Waals surface area contributed by atoms with Crippen molar-refractivity contribution in [1.29, 1.82) is 0 Å². The Morgan fingerprint density at radius 2 is 1.49 bits per heavy atom. The van der Waals surface area contributed by atoms with Crippen molar-refractivity contribution in [3.8, 4) is 0 Å². The van der Waals surface area contributed by atoms with Gasteiger partial charge in [0.2, 0.25) is 11.8 Å². The van der Waals surface area contributed by atoms with E-state index in [-0.39, 0.29) is 35.7 Å². The van der Waals surface area contributed by atoms with Crippen LogP contribution in [0.15, 0.2) is 64.1 Å². The van der Waals surface area contributed by atoms with Gasteiger partial charge in [0.15, 0.2) is 5.17 Å². The van der Waals surface area contributed by atoms with Crippen LogP contribution in [0.2, 0.25) is 10.0 Å². The van der Waals surface area contributed by atoms with E-state index in [1.54, 1.807) is 11.8 Å². The second kappa shape index (κ2) is 12.3. The predicted octanol–water partition coefficient (Wildman–Crippen LogP) is 6.31. The largest absolute Gasteiger partial charge is 0.339 e. The lowest BCUT2D eigenvalue weighted by Gasteiger charge is -2.38. The number of piperazine rings is 1. The van der Waals surface area contributed by atoms with Gasteiger partial charge in [-0.15, -0.1) is 0 Å². The van der Waals surface area contributed by atoms with E-state index in [1.165, 1.54) is 11.8 Å². The number of amides is 3. The minimum Gasteiger partial charge on any atom is -0.339 e. The summed E-state index contributed by atoms with van der Waals surface area (Å²) in [5.41, 5.74) is 2.32. The Hall–Kier alpha value is -3.01. The van der Waals surface area contributed by atoms with Crippen LogP contribution >= 0.6 is 35.0 Å². The number of likely N-dealkylation sites (tertiary alicyclic amines) is 1. The van der Waals surface area contributed by atoms with Gasteiger partial charge < -0.3 is 19.6 Å². The van der Waals surface area contributed by atoms with Gasteiger partial charge in [0.05, 0.1) is 6.04 Å². The average Bonchev–Trinajstić information content (AvgIpc) is 3.66. The highest BCUT2D eigenvalue weighted by molar-refractivity contribution is 8.18. The summed E-state index contributed by atoms with van der Waals surface area (Å²) < 4.78 is 0. The number of halogens is 2. The Balaban J connectivity index is 1.36. The minimum atomic E-state index is -0.656. The van der Waals surface area contributed by atoms with E-state index < -0.39 is 11.6 Å². The highest BCUT2D eigenvalue weighted by atomic mass is 35.5. The van der Waals surface area contributed by atoms with Gasteiger partial charge in [-0.05, 0) is 79.8 Å². The summed E-state index contributed by atoms with van der Waals surface area (Å²) in [6, 6.07) is 14.8. The number of rotatable bonds is 5. The molecule has 0 saturated carbocycles. The first kappa shape index (κ1) is 32.0. The van der Waals surface area contributed by atoms with E-state index in [1.807, 2.05) is 65.3 Å². The van der Waals surface area contributed by atoms with Crippen molar-refractivity contribution < 1.29 is 14.4 Å². The highest BCUT2D eigenvalue weighted by Crippen LogP contribution is 2.56. The predicted molar refractivity (Wildman–Crippen MR) is 180 cm³/mol. The summed E-state index contributed by atoms with van der Waals surface area (Å²) >= 11 is 14.0. The van der Waals surface area contributed by atoms with Crippen LogP contribution in [0.5, 0.6) is 0 Å². The molecule has 2 fully saturated rings. The van der Waals surface area contributed by atoms with Crippen LogP contribution in [-0.4, -0.2) is 80.8 Å². The summed E-state index contributed by atoms with van der Waals surface area (Å²) in [7, 11) is 0. The maximum atomic E-state index is 14.6. The molecule has 45 heavy (non-hydrogen) atoms. The SMILES string of the molecule is CC(=O)N1CCN(C(=O)[C@@H]2CC[C@@H](C)N2C(=O)C2=C(C(C)C)N3C(=N[C@@](C)(c4ccc(Cl)cc4)[C@H]3c3ccc(Cl)cc3)S2)CC1. The van der Waals surface area contributed by atoms with E-state index >= 15 is 0 Å². The number of carbonyl (C=O) groups is 3. The smallest absolute Gasteiger partial charge is 0.263 e. The van der Waals surface area contributed by atoms with Crippen molar-refractivity contribution in [2.75, 3.05) is 26.2 Å². The maximum Gasteiger partial charge on any atom is 0.263 e. The van der Waals surface area contributed by atoms with Crippen molar-refractivity contribution in [3.05, 3.63) is 80.3 Å². The Bertz CT molecular complexity index is 1570. The molecule has 6 rings (SSSR count). The van der Waals surface area contributed by atoms with Crippen LogP contribution in [0.3, 0.4) is 0 Å². The van der Waals surface area contributed by atoms with E-state index in [2.05, 4.69) is 25.7 Å². The molecule has 4 atom stereocenters. The molecule has 0 unspecified atom stereocenters. The van der Waals surface area contributed by atoms with Gasteiger partial charge in [-0.1, -0.05) is 61.3 Å². The maximum absolute atomic E-state index is 14.6. The number of nitrogens with zero attached hydrogens (tertiary/aromatic N) is 5. The van der Waals surface area contributed by atoms with Gasteiger partial charge in [0.1, 0.15) is 16.5 Å². The molecule has 0 bridgehead atoms. The molecule has 11 heteroatoms. The van der Waals surface area contributed by atoms with Crippen molar-refractivity contribution in [2.24, 2.45) is 10.9 Å². The lowest BCUT2D eigenvalue weighted by Crippen LogP contribution is -2.55. The molecule has 2 aromatic rings. The summed E-state index contributed by atoms with van der Waals surface area (Å²) in [6.45, 7) is 11.9.